The molecule has 0 N–H and O–H groups in total. The third kappa shape index (κ3) is 2.27. The van der Waals surface area contributed by atoms with Gasteiger partial charge in [0.15, 0.2) is 0 Å². The zero-order chi connectivity index (χ0) is 9.35. The van der Waals surface area contributed by atoms with Gasteiger partial charge in [-0.2, -0.15) is 0 Å². The van der Waals surface area contributed by atoms with Gasteiger partial charge in [-0.15, -0.1) is 11.3 Å². The summed E-state index contributed by atoms with van der Waals surface area (Å²) in [5.74, 6) is -0.598. The molecule has 0 unspecified atom stereocenters. The van der Waals surface area contributed by atoms with E-state index in [0.29, 0.717) is 4.34 Å². The normalized spacial score (nSPS) is 11.7. The summed E-state index contributed by atoms with van der Waals surface area (Å²) in [7, 11) is 0. The smallest absolute Gasteiger partial charge is 0.253 e. The van der Waals surface area contributed by atoms with Gasteiger partial charge < -0.3 is 0 Å². The molecule has 0 aliphatic carbocycles. The van der Waals surface area contributed by atoms with Gasteiger partial charge in [0.25, 0.3) is 3.79 Å². The van der Waals surface area contributed by atoms with Crippen LogP contribution in [0.2, 0.25) is 4.34 Å². The van der Waals surface area contributed by atoms with Gasteiger partial charge in [0.1, 0.15) is 4.34 Å². The quantitative estimate of drug-likeness (QED) is 0.554. The maximum absolute atomic E-state index is 11.3. The molecule has 0 spiro atoms. The molecule has 1 nitrogen and oxygen atoms in total. The fraction of sp³-hybridized carbons (Fsp3) is 0.167. The van der Waals surface area contributed by atoms with E-state index in [9.17, 15) is 4.79 Å². The van der Waals surface area contributed by atoms with E-state index in [1.54, 1.807) is 5.38 Å². The summed E-state index contributed by atoms with van der Waals surface area (Å²) in [6.45, 7) is 0. The van der Waals surface area contributed by atoms with Gasteiger partial charge in [-0.3, -0.25) is 4.79 Å². The topological polar surface area (TPSA) is 17.1 Å². The number of carbonyl (C=O) groups is 1. The van der Waals surface area contributed by atoms with E-state index in [1.165, 1.54) is 17.4 Å². The summed E-state index contributed by atoms with van der Waals surface area (Å²) in [5, 5.41) is 1.66. The number of ketones is 1. The highest BCUT2D eigenvalue weighted by Crippen LogP contribution is 2.34. The predicted molar refractivity (Wildman–Crippen MR) is 53.9 cm³/mol. The molecule has 0 fully saturated rings. The first-order valence-electron chi connectivity index (χ1n) is 2.77. The summed E-state index contributed by atoms with van der Waals surface area (Å²) < 4.78 is -1.59. The first kappa shape index (κ1) is 10.6. The molecular weight excluding hydrogens is 262 g/mol. The molecule has 1 rings (SSSR count). The van der Waals surface area contributed by atoms with Gasteiger partial charge in [-0.1, -0.05) is 46.4 Å². The van der Waals surface area contributed by atoms with Gasteiger partial charge in [0, 0.05) is 0 Å². The van der Waals surface area contributed by atoms with Gasteiger partial charge in [-0.25, -0.2) is 0 Å². The third-order valence-electron chi connectivity index (χ3n) is 1.12. The first-order valence-corrected chi connectivity index (χ1v) is 5.16. The van der Waals surface area contributed by atoms with Crippen molar-refractivity contribution in [1.82, 2.24) is 0 Å². The lowest BCUT2D eigenvalue weighted by molar-refractivity contribution is 0.0997. The van der Waals surface area contributed by atoms with Gasteiger partial charge in [0.2, 0.25) is 5.78 Å². The van der Waals surface area contributed by atoms with Crippen LogP contribution in [0.5, 0.6) is 0 Å². The molecule has 0 saturated heterocycles. The van der Waals surface area contributed by atoms with Crippen molar-refractivity contribution in [3.05, 3.63) is 21.3 Å². The molecule has 0 radical (unpaired) electrons. The molecule has 6 heteroatoms. The second-order valence-corrected chi connectivity index (χ2v) is 5.73. The number of carbonyl (C=O) groups excluding carboxylic acids is 1. The minimum atomic E-state index is -1.93. The Hall–Kier alpha value is 0.530. The van der Waals surface area contributed by atoms with Crippen molar-refractivity contribution in [2.45, 2.75) is 3.79 Å². The highest BCUT2D eigenvalue weighted by Gasteiger charge is 2.33. The van der Waals surface area contributed by atoms with E-state index < -0.39 is 9.58 Å². The molecule has 0 amide bonds. The van der Waals surface area contributed by atoms with Crippen LogP contribution in [0, 0.1) is 0 Å². The SMILES string of the molecule is O=C(c1ccsc1Cl)C(Cl)(Cl)Cl. The number of hydrogen-bond acceptors (Lipinski definition) is 2. The lowest BCUT2D eigenvalue weighted by Gasteiger charge is -2.07. The Morgan fingerprint density at radius 2 is 2.00 bits per heavy atom. The second-order valence-electron chi connectivity index (χ2n) is 1.93. The van der Waals surface area contributed by atoms with E-state index in [1.807, 2.05) is 0 Å². The molecule has 0 aliphatic heterocycles. The number of hydrogen-bond donors (Lipinski definition) is 0. The van der Waals surface area contributed by atoms with Crippen molar-refractivity contribution < 1.29 is 4.79 Å². The molecule has 1 aromatic heterocycles. The molecular formula is C6H2Cl4OS. The summed E-state index contributed by atoms with van der Waals surface area (Å²) >= 11 is 23.0. The zero-order valence-corrected chi connectivity index (χ0v) is 9.32. The van der Waals surface area contributed by atoms with Crippen LogP contribution in [0.25, 0.3) is 0 Å². The van der Waals surface area contributed by atoms with E-state index in [2.05, 4.69) is 0 Å². The van der Waals surface area contributed by atoms with Crippen LogP contribution in [-0.2, 0) is 0 Å². The summed E-state index contributed by atoms with van der Waals surface area (Å²) in [6.07, 6.45) is 0. The number of Topliss-reactive ketones (excluding diaryl/α,β-unsaturated/α-hetero) is 1. The van der Waals surface area contributed by atoms with E-state index in [0.717, 1.165) is 0 Å². The van der Waals surface area contributed by atoms with Crippen LogP contribution < -0.4 is 0 Å². The fourth-order valence-corrected chi connectivity index (χ4v) is 1.83. The van der Waals surface area contributed by atoms with E-state index in [-0.39, 0.29) is 5.56 Å². The van der Waals surface area contributed by atoms with Crippen LogP contribution in [0.4, 0.5) is 0 Å². The molecule has 0 bridgehead atoms. The summed E-state index contributed by atoms with van der Waals surface area (Å²) in [4.78, 5) is 11.3. The average molecular weight is 264 g/mol. The molecule has 0 saturated carbocycles. The van der Waals surface area contributed by atoms with Crippen molar-refractivity contribution in [3.8, 4) is 0 Å². The number of rotatable bonds is 1. The third-order valence-corrected chi connectivity index (χ3v) is 2.80. The Bertz CT molecular complexity index is 301. The Morgan fingerprint density at radius 1 is 1.42 bits per heavy atom. The largest absolute Gasteiger partial charge is 0.289 e. The number of halogens is 4. The van der Waals surface area contributed by atoms with Crippen molar-refractivity contribution in [2.75, 3.05) is 0 Å². The predicted octanol–water partition coefficient (Wildman–Crippen LogP) is 3.95. The lowest BCUT2D eigenvalue weighted by Crippen LogP contribution is -2.18. The van der Waals surface area contributed by atoms with Crippen molar-refractivity contribution in [1.29, 1.82) is 0 Å². The highest BCUT2D eigenvalue weighted by molar-refractivity contribution is 7.14. The van der Waals surface area contributed by atoms with Crippen LogP contribution in [-0.4, -0.2) is 9.58 Å². The number of thiophene rings is 1. The lowest BCUT2D eigenvalue weighted by atomic mass is 10.2. The molecule has 66 valence electrons. The summed E-state index contributed by atoms with van der Waals surface area (Å²) in [5.41, 5.74) is 0.252. The second kappa shape index (κ2) is 3.72. The highest BCUT2D eigenvalue weighted by atomic mass is 35.6. The van der Waals surface area contributed by atoms with Crippen LogP contribution in [0.1, 0.15) is 10.4 Å². The minimum absolute atomic E-state index is 0.252. The zero-order valence-electron chi connectivity index (χ0n) is 5.48. The molecule has 0 atom stereocenters. The van der Waals surface area contributed by atoms with Gasteiger partial charge in [-0.05, 0) is 11.4 Å². The van der Waals surface area contributed by atoms with E-state index in [4.69, 9.17) is 46.4 Å². The Kier molecular flexibility index (Phi) is 3.29. The molecule has 1 aromatic rings. The van der Waals surface area contributed by atoms with Crippen molar-refractivity contribution >= 4 is 63.5 Å². The maximum Gasteiger partial charge on any atom is 0.253 e. The van der Waals surface area contributed by atoms with Crippen molar-refractivity contribution in [2.24, 2.45) is 0 Å². The summed E-state index contributed by atoms with van der Waals surface area (Å²) in [6, 6.07) is 1.53. The van der Waals surface area contributed by atoms with Crippen LogP contribution in [0.15, 0.2) is 11.4 Å². The monoisotopic (exact) mass is 262 g/mol. The molecule has 12 heavy (non-hydrogen) atoms. The van der Waals surface area contributed by atoms with Crippen LogP contribution >= 0.6 is 57.7 Å². The average Bonchev–Trinajstić information content (AvgIpc) is 2.31. The number of alkyl halides is 3. The first-order chi connectivity index (χ1) is 5.43. The molecule has 0 aliphatic rings. The van der Waals surface area contributed by atoms with E-state index >= 15 is 0 Å². The maximum atomic E-state index is 11.3. The Morgan fingerprint density at radius 3 is 2.33 bits per heavy atom. The Balaban J connectivity index is 3.01. The van der Waals surface area contributed by atoms with Crippen molar-refractivity contribution in [3.63, 3.8) is 0 Å². The standard InChI is InChI=1S/C6H2Cl4OS/c7-5-3(1-2-12-5)4(11)6(8,9)10/h1-2H. The Labute approximate surface area is 93.2 Å². The van der Waals surface area contributed by atoms with Gasteiger partial charge >= 0.3 is 0 Å². The van der Waals surface area contributed by atoms with Gasteiger partial charge in [0.05, 0.1) is 5.56 Å². The molecule has 1 heterocycles. The fourth-order valence-electron chi connectivity index (χ4n) is 0.608. The minimum Gasteiger partial charge on any atom is -0.289 e. The molecule has 0 aromatic carbocycles. The van der Waals surface area contributed by atoms with Crippen LogP contribution in [0.3, 0.4) is 0 Å².